The van der Waals surface area contributed by atoms with E-state index in [0.717, 1.165) is 6.42 Å². The molecule has 0 aromatic carbocycles. The molecule has 4 heteroatoms. The number of nitrogens with zero attached hydrogens (tertiary/aromatic N) is 1. The second-order valence-corrected chi connectivity index (χ2v) is 4.14. The van der Waals surface area contributed by atoms with E-state index in [4.69, 9.17) is 5.11 Å². The van der Waals surface area contributed by atoms with Crippen LogP contribution in [0.1, 0.15) is 33.1 Å². The molecule has 0 aromatic rings. The summed E-state index contributed by atoms with van der Waals surface area (Å²) in [5.41, 5.74) is -0.792. The first-order valence-corrected chi connectivity index (χ1v) is 5.01. The quantitative estimate of drug-likeness (QED) is 0.737. The molecular formula is C10H17NO3. The van der Waals surface area contributed by atoms with Crippen LogP contribution in [0.25, 0.3) is 0 Å². The fourth-order valence-electron chi connectivity index (χ4n) is 1.62. The first kappa shape index (κ1) is 11.0. The van der Waals surface area contributed by atoms with Crippen LogP contribution in [0.3, 0.4) is 0 Å². The highest BCUT2D eigenvalue weighted by Gasteiger charge is 2.35. The van der Waals surface area contributed by atoms with Crippen molar-refractivity contribution >= 4 is 11.9 Å². The molecule has 1 aliphatic rings. The average Bonchev–Trinajstić information content (AvgIpc) is 2.51. The van der Waals surface area contributed by atoms with Crippen LogP contribution in [0, 0.1) is 5.41 Å². The number of carboxylic acid groups (broad SMARTS) is 1. The van der Waals surface area contributed by atoms with Gasteiger partial charge in [0.15, 0.2) is 0 Å². The van der Waals surface area contributed by atoms with E-state index in [1.54, 1.807) is 11.8 Å². The number of hydrogen-bond acceptors (Lipinski definition) is 2. The highest BCUT2D eigenvalue weighted by molar-refractivity contribution is 5.80. The summed E-state index contributed by atoms with van der Waals surface area (Å²) in [5.74, 6) is -0.731. The molecule has 1 amide bonds. The molecule has 1 rings (SSSR count). The monoisotopic (exact) mass is 199 g/mol. The van der Waals surface area contributed by atoms with Crippen molar-refractivity contribution in [3.63, 3.8) is 0 Å². The smallest absolute Gasteiger partial charge is 0.311 e. The molecule has 80 valence electrons. The van der Waals surface area contributed by atoms with Gasteiger partial charge in [-0.15, -0.1) is 0 Å². The highest BCUT2D eigenvalue weighted by atomic mass is 16.4. The zero-order chi connectivity index (χ0) is 10.8. The summed E-state index contributed by atoms with van der Waals surface area (Å²) in [4.78, 5) is 24.0. The zero-order valence-electron chi connectivity index (χ0n) is 8.75. The van der Waals surface area contributed by atoms with E-state index in [1.165, 1.54) is 0 Å². The molecule has 1 saturated heterocycles. The summed E-state index contributed by atoms with van der Waals surface area (Å²) in [6, 6.07) is 0. The Bertz CT molecular complexity index is 252. The fourth-order valence-corrected chi connectivity index (χ4v) is 1.62. The Balaban J connectivity index is 2.64. The van der Waals surface area contributed by atoms with Gasteiger partial charge in [0.05, 0.1) is 5.41 Å². The summed E-state index contributed by atoms with van der Waals surface area (Å²) in [7, 11) is 0. The molecule has 1 aliphatic heterocycles. The van der Waals surface area contributed by atoms with Gasteiger partial charge in [0.2, 0.25) is 5.91 Å². The molecule has 0 saturated carbocycles. The number of carbonyl (C=O) groups is 2. The van der Waals surface area contributed by atoms with Gasteiger partial charge in [0, 0.05) is 19.5 Å². The van der Waals surface area contributed by atoms with E-state index < -0.39 is 11.4 Å². The van der Waals surface area contributed by atoms with Crippen molar-refractivity contribution in [1.29, 1.82) is 0 Å². The maximum Gasteiger partial charge on any atom is 0.311 e. The Morgan fingerprint density at radius 3 is 2.64 bits per heavy atom. The van der Waals surface area contributed by atoms with Crippen LogP contribution >= 0.6 is 0 Å². The molecule has 1 fully saturated rings. The van der Waals surface area contributed by atoms with E-state index in [1.807, 2.05) is 6.92 Å². The molecule has 14 heavy (non-hydrogen) atoms. The third-order valence-corrected chi connectivity index (χ3v) is 3.01. The van der Waals surface area contributed by atoms with Crippen molar-refractivity contribution in [2.24, 2.45) is 5.41 Å². The summed E-state index contributed by atoms with van der Waals surface area (Å²) in [6.45, 7) is 4.59. The molecule has 1 atom stereocenters. The standard InChI is InChI=1S/C10H17NO3/c1-3-10(2,9(13)14)7-11-6-4-5-8(11)12/h3-7H2,1-2H3,(H,13,14). The van der Waals surface area contributed by atoms with Crippen LogP contribution in [-0.4, -0.2) is 35.0 Å². The molecule has 1 heterocycles. The predicted octanol–water partition coefficient (Wildman–Crippen LogP) is 1.11. The highest BCUT2D eigenvalue weighted by Crippen LogP contribution is 2.25. The van der Waals surface area contributed by atoms with Crippen molar-refractivity contribution in [2.75, 3.05) is 13.1 Å². The lowest BCUT2D eigenvalue weighted by Crippen LogP contribution is -2.41. The van der Waals surface area contributed by atoms with Crippen LogP contribution in [0.2, 0.25) is 0 Å². The molecule has 1 unspecified atom stereocenters. The van der Waals surface area contributed by atoms with E-state index in [0.29, 0.717) is 25.9 Å². The number of rotatable bonds is 4. The van der Waals surface area contributed by atoms with Crippen molar-refractivity contribution in [3.8, 4) is 0 Å². The lowest BCUT2D eigenvalue weighted by molar-refractivity contribution is -0.150. The normalized spacial score (nSPS) is 21.0. The van der Waals surface area contributed by atoms with Crippen LogP contribution in [-0.2, 0) is 9.59 Å². The van der Waals surface area contributed by atoms with Gasteiger partial charge < -0.3 is 10.0 Å². The summed E-state index contributed by atoms with van der Waals surface area (Å²) in [6.07, 6.45) is 1.98. The summed E-state index contributed by atoms with van der Waals surface area (Å²) >= 11 is 0. The van der Waals surface area contributed by atoms with Gasteiger partial charge in [0.1, 0.15) is 0 Å². The van der Waals surface area contributed by atoms with Gasteiger partial charge in [-0.1, -0.05) is 6.92 Å². The SMILES string of the molecule is CCC(C)(CN1CCCC1=O)C(=O)O. The number of aliphatic carboxylic acids is 1. The lowest BCUT2D eigenvalue weighted by Gasteiger charge is -2.28. The second kappa shape index (κ2) is 3.98. The number of likely N-dealkylation sites (tertiary alicyclic amines) is 1. The minimum absolute atomic E-state index is 0.0888. The van der Waals surface area contributed by atoms with Crippen LogP contribution < -0.4 is 0 Å². The summed E-state index contributed by atoms with van der Waals surface area (Å²) in [5, 5.41) is 9.04. The topological polar surface area (TPSA) is 57.6 Å². The Morgan fingerprint density at radius 1 is 1.64 bits per heavy atom. The number of carbonyl (C=O) groups excluding carboxylic acids is 1. The first-order valence-electron chi connectivity index (χ1n) is 5.01. The van der Waals surface area contributed by atoms with Crippen LogP contribution in [0.4, 0.5) is 0 Å². The molecule has 0 bridgehead atoms. The third kappa shape index (κ3) is 2.05. The second-order valence-electron chi connectivity index (χ2n) is 4.14. The fraction of sp³-hybridized carbons (Fsp3) is 0.800. The Kier molecular flexibility index (Phi) is 3.13. The predicted molar refractivity (Wildman–Crippen MR) is 51.8 cm³/mol. The number of hydrogen-bond donors (Lipinski definition) is 1. The number of amides is 1. The van der Waals surface area contributed by atoms with Crippen molar-refractivity contribution < 1.29 is 14.7 Å². The Morgan fingerprint density at radius 2 is 2.29 bits per heavy atom. The van der Waals surface area contributed by atoms with Gasteiger partial charge in [-0.2, -0.15) is 0 Å². The van der Waals surface area contributed by atoms with Gasteiger partial charge in [0.25, 0.3) is 0 Å². The van der Waals surface area contributed by atoms with Gasteiger partial charge in [-0.3, -0.25) is 9.59 Å². The zero-order valence-corrected chi connectivity index (χ0v) is 8.75. The first-order chi connectivity index (χ1) is 6.49. The largest absolute Gasteiger partial charge is 0.481 e. The van der Waals surface area contributed by atoms with E-state index >= 15 is 0 Å². The summed E-state index contributed by atoms with van der Waals surface area (Å²) < 4.78 is 0. The lowest BCUT2D eigenvalue weighted by atomic mass is 9.87. The maximum absolute atomic E-state index is 11.3. The van der Waals surface area contributed by atoms with Crippen LogP contribution in [0.5, 0.6) is 0 Å². The minimum Gasteiger partial charge on any atom is -0.481 e. The third-order valence-electron chi connectivity index (χ3n) is 3.01. The van der Waals surface area contributed by atoms with Crippen molar-refractivity contribution in [1.82, 2.24) is 4.90 Å². The number of carboxylic acids is 1. The van der Waals surface area contributed by atoms with Crippen molar-refractivity contribution in [2.45, 2.75) is 33.1 Å². The van der Waals surface area contributed by atoms with E-state index in [-0.39, 0.29) is 5.91 Å². The Hall–Kier alpha value is -1.06. The molecule has 4 nitrogen and oxygen atoms in total. The van der Waals surface area contributed by atoms with Gasteiger partial charge in [-0.25, -0.2) is 0 Å². The molecule has 0 aliphatic carbocycles. The molecule has 0 spiro atoms. The maximum atomic E-state index is 11.3. The Labute approximate surface area is 83.9 Å². The van der Waals surface area contributed by atoms with E-state index in [9.17, 15) is 9.59 Å². The molecule has 0 radical (unpaired) electrons. The van der Waals surface area contributed by atoms with Crippen LogP contribution in [0.15, 0.2) is 0 Å². The van der Waals surface area contributed by atoms with Gasteiger partial charge in [-0.05, 0) is 19.8 Å². The molecular weight excluding hydrogens is 182 g/mol. The molecule has 1 N–H and O–H groups in total. The average molecular weight is 199 g/mol. The molecule has 0 aromatic heterocycles. The minimum atomic E-state index is -0.820. The van der Waals surface area contributed by atoms with Crippen molar-refractivity contribution in [3.05, 3.63) is 0 Å². The van der Waals surface area contributed by atoms with E-state index in [2.05, 4.69) is 0 Å². The van der Waals surface area contributed by atoms with Gasteiger partial charge >= 0.3 is 5.97 Å².